The molecule has 2 N–H and O–H groups in total. The fourth-order valence-corrected chi connectivity index (χ4v) is 4.34. The Morgan fingerprint density at radius 2 is 1.06 bits per heavy atom. The van der Waals surface area contributed by atoms with Gasteiger partial charge in [0.2, 0.25) is 0 Å². The SMILES string of the molecule is C1=Cc2cc3ccc(cc4ccc(cc5nc(cc1n2)C=C5)[nH]4)[nH]3.[Cd].c1cnc2sccc2n1. The van der Waals surface area contributed by atoms with Crippen molar-refractivity contribution in [1.82, 2.24) is 29.9 Å². The minimum absolute atomic E-state index is 0. The van der Waals surface area contributed by atoms with E-state index in [9.17, 15) is 0 Å². The molecule has 0 atom stereocenters. The van der Waals surface area contributed by atoms with E-state index in [2.05, 4.69) is 60.2 Å². The van der Waals surface area contributed by atoms with Gasteiger partial charge in [0.15, 0.2) is 0 Å². The molecule has 2 aliphatic rings. The molecule has 0 spiro atoms. The van der Waals surface area contributed by atoms with E-state index >= 15 is 0 Å². The van der Waals surface area contributed by atoms with Crippen molar-refractivity contribution in [2.24, 2.45) is 0 Å². The number of nitrogens with one attached hydrogen (secondary N) is 2. The van der Waals surface area contributed by atoms with Gasteiger partial charge in [0.1, 0.15) is 4.83 Å². The van der Waals surface area contributed by atoms with Crippen molar-refractivity contribution >= 4 is 68.1 Å². The summed E-state index contributed by atoms with van der Waals surface area (Å²) in [5.74, 6) is 0. The predicted octanol–water partition coefficient (Wildman–Crippen LogP) is 6.34. The van der Waals surface area contributed by atoms with E-state index in [1.807, 2.05) is 53.9 Å². The summed E-state index contributed by atoms with van der Waals surface area (Å²) in [4.78, 5) is 25.2. The van der Waals surface area contributed by atoms with Crippen LogP contribution in [0.2, 0.25) is 0 Å². The molecule has 7 heterocycles. The maximum atomic E-state index is 4.62. The largest absolute Gasteiger partial charge is 0.355 e. The van der Waals surface area contributed by atoms with E-state index in [-0.39, 0.29) is 27.3 Å². The number of H-pyrrole nitrogens is 2. The number of nitrogens with zero attached hydrogens (tertiary/aromatic N) is 4. The summed E-state index contributed by atoms with van der Waals surface area (Å²) >= 11 is 1.61. The molecule has 5 aromatic rings. The molecule has 34 heavy (non-hydrogen) atoms. The van der Waals surface area contributed by atoms with Crippen LogP contribution in [0, 0.1) is 0 Å². The normalized spacial score (nSPS) is 11.6. The number of hydrogen-bond donors (Lipinski definition) is 2. The Balaban J connectivity index is 0.000000203. The molecule has 6 nitrogen and oxygen atoms in total. The second-order valence-corrected chi connectivity index (χ2v) is 8.47. The van der Waals surface area contributed by atoms with Gasteiger partial charge in [-0.25, -0.2) is 15.0 Å². The molecule has 2 aliphatic heterocycles. The third kappa shape index (κ3) is 5.05. The van der Waals surface area contributed by atoms with Crippen LogP contribution in [0.25, 0.3) is 56.7 Å². The molecule has 7 rings (SSSR count). The average Bonchev–Trinajstić information content (AvgIpc) is 3.63. The molecule has 0 aromatic carbocycles. The third-order valence-corrected chi connectivity index (χ3v) is 5.95. The number of hydrogen-bond acceptors (Lipinski definition) is 5. The zero-order chi connectivity index (χ0) is 22.0. The summed E-state index contributed by atoms with van der Waals surface area (Å²) in [6, 6.07) is 18.4. The molecular weight excluding hydrogens is 541 g/mol. The molecule has 0 fully saturated rings. The van der Waals surface area contributed by atoms with Crippen LogP contribution in [0.3, 0.4) is 0 Å². The van der Waals surface area contributed by atoms with E-state index in [1.54, 1.807) is 23.7 Å². The molecule has 8 bridgehead atoms. The van der Waals surface area contributed by atoms with Crippen molar-refractivity contribution in [3.8, 4) is 0 Å². The van der Waals surface area contributed by atoms with Gasteiger partial charge in [-0.05, 0) is 84.3 Å². The van der Waals surface area contributed by atoms with Crippen LogP contribution in [-0.4, -0.2) is 29.9 Å². The average molecular weight is 559 g/mol. The molecule has 0 aliphatic carbocycles. The molecule has 0 saturated carbocycles. The second kappa shape index (κ2) is 9.82. The van der Waals surface area contributed by atoms with Crippen molar-refractivity contribution in [2.45, 2.75) is 0 Å². The van der Waals surface area contributed by atoms with E-state index in [0.717, 1.165) is 55.2 Å². The molecule has 0 unspecified atom stereocenters. The zero-order valence-electron chi connectivity index (χ0n) is 18.1. The predicted molar refractivity (Wildman–Crippen MR) is 136 cm³/mol. The van der Waals surface area contributed by atoms with Gasteiger partial charge in [0, 0.05) is 61.8 Å². The minimum atomic E-state index is 0. The Morgan fingerprint density at radius 3 is 1.62 bits per heavy atom. The number of aromatic nitrogens is 6. The summed E-state index contributed by atoms with van der Waals surface area (Å²) in [5, 5.41) is 1.99. The van der Waals surface area contributed by atoms with E-state index < -0.39 is 0 Å². The smallest absolute Gasteiger partial charge is 0.141 e. The summed E-state index contributed by atoms with van der Waals surface area (Å²) in [6.07, 6.45) is 11.5. The monoisotopic (exact) mass is 560 g/mol. The summed E-state index contributed by atoms with van der Waals surface area (Å²) in [7, 11) is 0. The molecule has 0 amide bonds. The van der Waals surface area contributed by atoms with Gasteiger partial charge in [0.25, 0.3) is 0 Å². The van der Waals surface area contributed by atoms with Crippen LogP contribution in [0.4, 0.5) is 0 Å². The Bertz CT molecular complexity index is 1570. The number of rotatable bonds is 0. The minimum Gasteiger partial charge on any atom is -0.355 e. The molecule has 160 valence electrons. The van der Waals surface area contributed by atoms with E-state index in [0.29, 0.717) is 0 Å². The Hall–Kier alpha value is -3.44. The Morgan fingerprint density at radius 1 is 0.559 bits per heavy atom. The van der Waals surface area contributed by atoms with Crippen molar-refractivity contribution in [1.29, 1.82) is 0 Å². The van der Waals surface area contributed by atoms with Crippen LogP contribution in [0.5, 0.6) is 0 Å². The van der Waals surface area contributed by atoms with Gasteiger partial charge >= 0.3 is 0 Å². The maximum absolute atomic E-state index is 4.62. The van der Waals surface area contributed by atoms with Gasteiger partial charge in [0.05, 0.1) is 28.3 Å². The Kier molecular flexibility index (Phi) is 6.46. The molecule has 0 saturated heterocycles. The van der Waals surface area contributed by atoms with Gasteiger partial charge in [-0.2, -0.15) is 0 Å². The van der Waals surface area contributed by atoms with E-state index in [4.69, 9.17) is 0 Å². The van der Waals surface area contributed by atoms with Crippen LogP contribution >= 0.6 is 11.3 Å². The molecule has 0 radical (unpaired) electrons. The molecular formula is C26H18CdN6S. The van der Waals surface area contributed by atoms with Crippen molar-refractivity contribution in [3.63, 3.8) is 0 Å². The maximum Gasteiger partial charge on any atom is 0.141 e. The van der Waals surface area contributed by atoms with Crippen LogP contribution in [0.15, 0.2) is 72.4 Å². The van der Waals surface area contributed by atoms with Crippen LogP contribution in [-0.2, 0) is 27.3 Å². The summed E-state index contributed by atoms with van der Waals surface area (Å²) in [6.45, 7) is 0. The first-order chi connectivity index (χ1) is 16.3. The number of aromatic amines is 2. The Labute approximate surface area is 219 Å². The van der Waals surface area contributed by atoms with Gasteiger partial charge < -0.3 is 9.97 Å². The van der Waals surface area contributed by atoms with Crippen molar-refractivity contribution < 1.29 is 27.3 Å². The van der Waals surface area contributed by atoms with Crippen LogP contribution < -0.4 is 0 Å². The first kappa shape index (κ1) is 22.4. The quantitative estimate of drug-likeness (QED) is 0.213. The number of thiophene rings is 1. The summed E-state index contributed by atoms with van der Waals surface area (Å²) < 4.78 is 0. The first-order valence-corrected chi connectivity index (χ1v) is 11.3. The second-order valence-electron chi connectivity index (χ2n) is 7.57. The molecule has 8 heteroatoms. The first-order valence-electron chi connectivity index (χ1n) is 10.5. The van der Waals surface area contributed by atoms with Gasteiger partial charge in [-0.15, -0.1) is 11.3 Å². The zero-order valence-corrected chi connectivity index (χ0v) is 23.0. The third-order valence-electron chi connectivity index (χ3n) is 5.14. The topological polar surface area (TPSA) is 83.1 Å². The summed E-state index contributed by atoms with van der Waals surface area (Å²) in [5.41, 5.74) is 8.85. The van der Waals surface area contributed by atoms with Crippen LogP contribution in [0.1, 0.15) is 22.8 Å². The van der Waals surface area contributed by atoms with Crippen molar-refractivity contribution in [3.05, 3.63) is 95.1 Å². The standard InChI is InChI=1S/C20H14N4.C6H4N2S.Cd/c1-2-14-10-16-5-6-18(23-16)12-20-8-7-19(24-20)11-17-4-3-15(22-17)9-13(1)21-14;1-4-9-6-5(1)7-2-3-8-6;/h1-12,21-22H;1-4H;. The fraction of sp³-hybridized carbons (Fsp3) is 0. The van der Waals surface area contributed by atoms with E-state index in [1.165, 1.54) is 0 Å². The van der Waals surface area contributed by atoms with Crippen molar-refractivity contribution in [2.75, 3.05) is 0 Å². The van der Waals surface area contributed by atoms with Gasteiger partial charge in [-0.1, -0.05) is 0 Å². The number of fused-ring (bicyclic) bond motifs is 9. The fourth-order valence-electron chi connectivity index (χ4n) is 3.65. The molecule has 5 aromatic heterocycles. The van der Waals surface area contributed by atoms with Gasteiger partial charge in [-0.3, -0.25) is 4.98 Å².